The molecule has 79 heavy (non-hydrogen) atoms. The summed E-state index contributed by atoms with van der Waals surface area (Å²) in [7, 11) is 0. The fraction of sp³-hybridized carbons (Fsp3) is 0.863. The fourth-order valence-corrected chi connectivity index (χ4v) is 10.9. The van der Waals surface area contributed by atoms with E-state index in [1.54, 1.807) is 0 Å². The van der Waals surface area contributed by atoms with Gasteiger partial charge in [0.1, 0.15) is 0 Å². The van der Waals surface area contributed by atoms with Crippen LogP contribution in [-0.4, -0.2) is 47.4 Å². The van der Waals surface area contributed by atoms with E-state index in [0.29, 0.717) is 25.9 Å². The highest BCUT2D eigenvalue weighted by Gasteiger charge is 2.20. The molecule has 0 heterocycles. The molecule has 0 aliphatic carbocycles. The van der Waals surface area contributed by atoms with Gasteiger partial charge in [0.05, 0.1) is 25.4 Å². The van der Waals surface area contributed by atoms with E-state index in [1.807, 2.05) is 0 Å². The molecule has 1 amide bonds. The van der Waals surface area contributed by atoms with Crippen LogP contribution in [0.3, 0.4) is 0 Å². The van der Waals surface area contributed by atoms with Crippen molar-refractivity contribution in [3.8, 4) is 0 Å². The van der Waals surface area contributed by atoms with E-state index in [4.69, 9.17) is 4.74 Å². The van der Waals surface area contributed by atoms with E-state index >= 15 is 0 Å². The Bertz CT molecular complexity index is 1320. The number of nitrogens with one attached hydrogen (secondary N) is 1. The van der Waals surface area contributed by atoms with Crippen LogP contribution in [0.25, 0.3) is 0 Å². The highest BCUT2D eigenvalue weighted by atomic mass is 16.5. The van der Waals surface area contributed by atoms with Crippen molar-refractivity contribution in [2.45, 2.75) is 392 Å². The van der Waals surface area contributed by atoms with Gasteiger partial charge in [0, 0.05) is 12.8 Å². The summed E-state index contributed by atoms with van der Waals surface area (Å²) in [6.45, 7) is 4.94. The SMILES string of the molecule is CCCCC/C=C\C/C=C\CCCCCCCCCC(=O)OCCCCCCCCCCC/C=C\C/C=C\CCCCCCCCCCCCCCCCCCCC(=O)NC(CO)C(O)CCCCCCCCCCCCCC. The number of carbonyl (C=O) groups is 2. The molecule has 0 saturated carbocycles. The summed E-state index contributed by atoms with van der Waals surface area (Å²) in [5.41, 5.74) is 0. The van der Waals surface area contributed by atoms with Crippen LogP contribution in [0.5, 0.6) is 0 Å². The molecule has 3 N–H and O–H groups in total. The zero-order valence-electron chi connectivity index (χ0n) is 53.1. The largest absolute Gasteiger partial charge is 0.466 e. The van der Waals surface area contributed by atoms with Gasteiger partial charge in [0.15, 0.2) is 0 Å². The lowest BCUT2D eigenvalue weighted by atomic mass is 10.0. The first-order valence-electron chi connectivity index (χ1n) is 35.4. The molecule has 0 aliphatic rings. The number of carbonyl (C=O) groups excluding carboxylic acids is 2. The third-order valence-corrected chi connectivity index (χ3v) is 16.4. The average Bonchev–Trinajstić information content (AvgIpc) is 3.45. The lowest BCUT2D eigenvalue weighted by Crippen LogP contribution is -2.45. The number of rotatable bonds is 66. The molecule has 0 aromatic heterocycles. The second kappa shape index (κ2) is 68.3. The second-order valence-electron chi connectivity index (χ2n) is 24.2. The van der Waals surface area contributed by atoms with Gasteiger partial charge in [-0.05, 0) is 89.9 Å². The van der Waals surface area contributed by atoms with Crippen LogP contribution < -0.4 is 5.32 Å². The Morgan fingerprint density at radius 1 is 0.354 bits per heavy atom. The third-order valence-electron chi connectivity index (χ3n) is 16.4. The van der Waals surface area contributed by atoms with Gasteiger partial charge in [0.2, 0.25) is 5.91 Å². The van der Waals surface area contributed by atoms with Crippen molar-refractivity contribution >= 4 is 11.9 Å². The van der Waals surface area contributed by atoms with Crippen LogP contribution in [0.4, 0.5) is 0 Å². The highest BCUT2D eigenvalue weighted by molar-refractivity contribution is 5.76. The molecule has 464 valence electrons. The van der Waals surface area contributed by atoms with E-state index in [1.165, 1.54) is 289 Å². The lowest BCUT2D eigenvalue weighted by molar-refractivity contribution is -0.143. The number of hydrogen-bond acceptors (Lipinski definition) is 5. The maximum atomic E-state index is 12.5. The molecule has 0 rings (SSSR count). The van der Waals surface area contributed by atoms with Crippen molar-refractivity contribution in [1.82, 2.24) is 5.32 Å². The standard InChI is InChI=1S/C73H137NO5/c1-3-5-7-9-11-13-15-17-18-36-40-43-47-51-55-59-63-67-73(78)79-68-64-60-56-52-48-44-41-38-35-33-31-29-27-25-23-21-19-20-22-24-26-28-30-32-34-37-39-42-46-50-54-58-62-66-72(77)74-70(69-75)71(76)65-61-57-53-49-45-16-14-12-10-8-6-4-2/h11,13,17-18,23,25,29,31,70-71,75-76H,3-10,12,14-16,19-22,24,26-28,30,32-69H2,1-2H3,(H,74,77)/b13-11-,18-17-,25-23-,31-29-. The lowest BCUT2D eigenvalue weighted by Gasteiger charge is -2.22. The molecule has 6 heteroatoms. The summed E-state index contributed by atoms with van der Waals surface area (Å²) < 4.78 is 5.49. The Morgan fingerprint density at radius 2 is 0.633 bits per heavy atom. The van der Waals surface area contributed by atoms with Crippen molar-refractivity contribution in [1.29, 1.82) is 0 Å². The van der Waals surface area contributed by atoms with Crippen molar-refractivity contribution in [3.63, 3.8) is 0 Å². The molecule has 0 radical (unpaired) electrons. The fourth-order valence-electron chi connectivity index (χ4n) is 10.9. The van der Waals surface area contributed by atoms with Gasteiger partial charge in [-0.1, -0.05) is 326 Å². The minimum Gasteiger partial charge on any atom is -0.466 e. The van der Waals surface area contributed by atoms with E-state index in [9.17, 15) is 19.8 Å². The molecule has 2 atom stereocenters. The van der Waals surface area contributed by atoms with Crippen molar-refractivity contribution < 1.29 is 24.5 Å². The van der Waals surface area contributed by atoms with Crippen LogP contribution in [0, 0.1) is 0 Å². The molecule has 0 saturated heterocycles. The quantitative estimate of drug-likeness (QED) is 0.0320. The smallest absolute Gasteiger partial charge is 0.305 e. The second-order valence-corrected chi connectivity index (χ2v) is 24.2. The Kier molecular flexibility index (Phi) is 66.4. The van der Waals surface area contributed by atoms with E-state index in [2.05, 4.69) is 67.8 Å². The van der Waals surface area contributed by atoms with Crippen molar-refractivity contribution in [3.05, 3.63) is 48.6 Å². The van der Waals surface area contributed by atoms with E-state index in [0.717, 1.165) is 57.8 Å². The van der Waals surface area contributed by atoms with E-state index < -0.39 is 12.1 Å². The van der Waals surface area contributed by atoms with Gasteiger partial charge in [-0.15, -0.1) is 0 Å². The molecule has 0 spiro atoms. The molecular weight excluding hydrogens is 971 g/mol. The number of aliphatic hydroxyl groups is 2. The minimum absolute atomic E-state index is 0.00645. The summed E-state index contributed by atoms with van der Waals surface area (Å²) in [4.78, 5) is 24.6. The zero-order valence-corrected chi connectivity index (χ0v) is 53.1. The molecule has 0 fully saturated rings. The number of ether oxygens (including phenoxy) is 1. The number of esters is 1. The average molecular weight is 1110 g/mol. The monoisotopic (exact) mass is 1110 g/mol. The molecule has 0 aromatic rings. The number of allylic oxidation sites excluding steroid dienone is 8. The molecule has 0 aromatic carbocycles. The number of unbranched alkanes of at least 4 members (excludes halogenated alkanes) is 47. The summed E-state index contributed by atoms with van der Waals surface area (Å²) >= 11 is 0. The molecule has 0 aliphatic heterocycles. The van der Waals surface area contributed by atoms with Crippen LogP contribution in [0.1, 0.15) is 380 Å². The zero-order chi connectivity index (χ0) is 57.1. The summed E-state index contributed by atoms with van der Waals surface area (Å²) in [5.74, 6) is -0.0259. The van der Waals surface area contributed by atoms with Crippen molar-refractivity contribution in [2.75, 3.05) is 13.2 Å². The predicted octanol–water partition coefficient (Wildman–Crippen LogP) is 22.9. The van der Waals surface area contributed by atoms with Gasteiger partial charge in [-0.3, -0.25) is 9.59 Å². The Balaban J connectivity index is 3.37. The van der Waals surface area contributed by atoms with E-state index in [-0.39, 0.29) is 18.5 Å². The summed E-state index contributed by atoms with van der Waals surface area (Å²) in [5, 5.41) is 23.3. The molecule has 6 nitrogen and oxygen atoms in total. The molecular formula is C73H137NO5. The van der Waals surface area contributed by atoms with Crippen LogP contribution >= 0.6 is 0 Å². The first-order valence-corrected chi connectivity index (χ1v) is 35.4. The first-order chi connectivity index (χ1) is 39.0. The number of amides is 1. The normalized spacial score (nSPS) is 12.8. The summed E-state index contributed by atoms with van der Waals surface area (Å²) in [6, 6.07) is -0.539. The Morgan fingerprint density at radius 3 is 0.987 bits per heavy atom. The van der Waals surface area contributed by atoms with Gasteiger partial charge < -0.3 is 20.3 Å². The van der Waals surface area contributed by atoms with Gasteiger partial charge in [-0.2, -0.15) is 0 Å². The van der Waals surface area contributed by atoms with Gasteiger partial charge in [0.25, 0.3) is 0 Å². The third kappa shape index (κ3) is 64.8. The Hall–Kier alpha value is -2.18. The van der Waals surface area contributed by atoms with Gasteiger partial charge in [-0.25, -0.2) is 0 Å². The van der Waals surface area contributed by atoms with Crippen LogP contribution in [-0.2, 0) is 14.3 Å². The molecule has 0 bridgehead atoms. The minimum atomic E-state index is -0.662. The van der Waals surface area contributed by atoms with Crippen LogP contribution in [0.2, 0.25) is 0 Å². The van der Waals surface area contributed by atoms with Gasteiger partial charge >= 0.3 is 5.97 Å². The first kappa shape index (κ1) is 76.8. The predicted molar refractivity (Wildman–Crippen MR) is 347 cm³/mol. The highest BCUT2D eigenvalue weighted by Crippen LogP contribution is 2.18. The van der Waals surface area contributed by atoms with Crippen LogP contribution in [0.15, 0.2) is 48.6 Å². The van der Waals surface area contributed by atoms with Crippen molar-refractivity contribution in [2.24, 2.45) is 0 Å². The Labute approximate surface area is 493 Å². The summed E-state index contributed by atoms with van der Waals surface area (Å²) in [6.07, 6.45) is 88.8. The maximum absolute atomic E-state index is 12.5. The topological polar surface area (TPSA) is 95.9 Å². The maximum Gasteiger partial charge on any atom is 0.305 e. The number of hydrogen-bond donors (Lipinski definition) is 3. The molecule has 2 unspecified atom stereocenters. The number of aliphatic hydroxyl groups excluding tert-OH is 2.